The van der Waals surface area contributed by atoms with E-state index in [1.165, 1.54) is 0 Å². The fourth-order valence-corrected chi connectivity index (χ4v) is 5.63. The molecular weight excluding hydrogens is 582 g/mol. The Labute approximate surface area is 269 Å². The Balaban J connectivity index is 1.11. The van der Waals surface area contributed by atoms with E-state index in [0.717, 1.165) is 44.5 Å². The third kappa shape index (κ3) is 8.40. The summed E-state index contributed by atoms with van der Waals surface area (Å²) in [6.45, 7) is 5.89. The van der Waals surface area contributed by atoms with Crippen molar-refractivity contribution in [2.24, 2.45) is 0 Å². The number of carbonyl (C=O) groups is 3. The molecule has 0 saturated heterocycles. The zero-order chi connectivity index (χ0) is 32.7. The number of fused-ring (bicyclic) bond motifs is 3. The normalized spacial score (nSPS) is 12.9. The molecule has 1 aliphatic carbocycles. The molecule has 0 saturated carbocycles. The van der Waals surface area contributed by atoms with Gasteiger partial charge in [-0.15, -0.1) is 0 Å². The minimum atomic E-state index is -1.14. The van der Waals surface area contributed by atoms with E-state index in [2.05, 4.69) is 17.4 Å². The standard InChI is InChI=1S/C38H39NO7/c1-38(2,3)46-35(40)24-44-21-20-25-12-16-27(17-13-25)28-18-14-26(15-19-28)22-34(36(41)42)39-37(43)45-23-33-31-10-6-4-8-29(31)30-9-5-7-11-32(30)33/h4-19,33-34H,20-24H2,1-3H3,(H,39,43)(H,41,42)/t34-/m0/s1. The Morgan fingerprint density at radius 2 is 1.33 bits per heavy atom. The first-order chi connectivity index (χ1) is 22.1. The van der Waals surface area contributed by atoms with E-state index in [4.69, 9.17) is 14.2 Å². The Kier molecular flexibility index (Phi) is 10.2. The number of hydrogen-bond acceptors (Lipinski definition) is 6. The maximum absolute atomic E-state index is 12.7. The Morgan fingerprint density at radius 3 is 1.87 bits per heavy atom. The minimum Gasteiger partial charge on any atom is -0.480 e. The summed E-state index contributed by atoms with van der Waals surface area (Å²) in [5.74, 6) is -1.63. The van der Waals surface area contributed by atoms with Gasteiger partial charge in [-0.2, -0.15) is 0 Å². The van der Waals surface area contributed by atoms with Gasteiger partial charge in [-0.25, -0.2) is 14.4 Å². The number of alkyl carbamates (subject to hydrolysis) is 1. The molecule has 0 bridgehead atoms. The summed E-state index contributed by atoms with van der Waals surface area (Å²) in [5.41, 5.74) is 7.73. The fraction of sp³-hybridized carbons (Fsp3) is 0.289. The highest BCUT2D eigenvalue weighted by Gasteiger charge is 2.30. The summed E-state index contributed by atoms with van der Waals surface area (Å²) in [6.07, 6.45) is 0.0123. The number of carboxylic acid groups (broad SMARTS) is 1. The number of benzene rings is 4. The van der Waals surface area contributed by atoms with Crippen LogP contribution in [-0.4, -0.2) is 54.6 Å². The maximum atomic E-state index is 12.7. The van der Waals surface area contributed by atoms with Crippen molar-refractivity contribution in [2.45, 2.75) is 51.2 Å². The maximum Gasteiger partial charge on any atom is 0.407 e. The summed E-state index contributed by atoms with van der Waals surface area (Å²) >= 11 is 0. The average Bonchev–Trinajstić information content (AvgIpc) is 3.35. The lowest BCUT2D eigenvalue weighted by Crippen LogP contribution is -2.42. The van der Waals surface area contributed by atoms with Crippen molar-refractivity contribution in [2.75, 3.05) is 19.8 Å². The van der Waals surface area contributed by atoms with Gasteiger partial charge in [0.2, 0.25) is 0 Å². The molecule has 4 aromatic rings. The largest absolute Gasteiger partial charge is 0.480 e. The lowest BCUT2D eigenvalue weighted by molar-refractivity contribution is -0.160. The molecule has 1 aliphatic rings. The number of ether oxygens (including phenoxy) is 3. The molecule has 8 nitrogen and oxygen atoms in total. The first kappa shape index (κ1) is 32.4. The van der Waals surface area contributed by atoms with Gasteiger partial charge in [0, 0.05) is 12.3 Å². The van der Waals surface area contributed by atoms with E-state index in [9.17, 15) is 19.5 Å². The number of amides is 1. The fourth-order valence-electron chi connectivity index (χ4n) is 5.63. The van der Waals surface area contributed by atoms with Crippen molar-refractivity contribution < 1.29 is 33.7 Å². The van der Waals surface area contributed by atoms with E-state index < -0.39 is 23.7 Å². The zero-order valence-electron chi connectivity index (χ0n) is 26.3. The molecule has 2 N–H and O–H groups in total. The number of carbonyl (C=O) groups excluding carboxylic acids is 2. The lowest BCUT2D eigenvalue weighted by atomic mass is 9.98. The van der Waals surface area contributed by atoms with Crippen molar-refractivity contribution in [3.63, 3.8) is 0 Å². The highest BCUT2D eigenvalue weighted by atomic mass is 16.6. The zero-order valence-corrected chi connectivity index (χ0v) is 26.3. The number of carboxylic acids is 1. The summed E-state index contributed by atoms with van der Waals surface area (Å²) in [6, 6.07) is 30.6. The van der Waals surface area contributed by atoms with Gasteiger partial charge in [0.05, 0.1) is 6.61 Å². The van der Waals surface area contributed by atoms with E-state index in [-0.39, 0.29) is 31.5 Å². The second-order valence-electron chi connectivity index (χ2n) is 12.3. The molecule has 0 spiro atoms. The molecule has 1 amide bonds. The van der Waals surface area contributed by atoms with Gasteiger partial charge in [-0.05, 0) is 71.7 Å². The molecule has 1 atom stereocenters. The topological polar surface area (TPSA) is 111 Å². The second kappa shape index (κ2) is 14.4. The second-order valence-corrected chi connectivity index (χ2v) is 12.3. The number of aliphatic carboxylic acids is 1. The van der Waals surface area contributed by atoms with Crippen molar-refractivity contribution >= 4 is 18.0 Å². The van der Waals surface area contributed by atoms with Gasteiger partial charge < -0.3 is 24.6 Å². The third-order valence-corrected chi connectivity index (χ3v) is 7.79. The van der Waals surface area contributed by atoms with Crippen molar-refractivity contribution in [3.05, 3.63) is 119 Å². The first-order valence-electron chi connectivity index (χ1n) is 15.4. The summed E-state index contributed by atoms with van der Waals surface area (Å²) in [5, 5.41) is 12.4. The Hall–Kier alpha value is -4.95. The molecule has 0 radical (unpaired) electrons. The monoisotopic (exact) mass is 621 g/mol. The smallest absolute Gasteiger partial charge is 0.407 e. The molecule has 5 rings (SSSR count). The van der Waals surface area contributed by atoms with Crippen molar-refractivity contribution in [1.82, 2.24) is 5.32 Å². The minimum absolute atomic E-state index is 0.0777. The predicted molar refractivity (Wildman–Crippen MR) is 176 cm³/mol. The molecule has 8 heteroatoms. The van der Waals surface area contributed by atoms with Gasteiger partial charge in [0.15, 0.2) is 0 Å². The molecule has 46 heavy (non-hydrogen) atoms. The van der Waals surface area contributed by atoms with Crippen LogP contribution in [-0.2, 0) is 36.6 Å². The third-order valence-electron chi connectivity index (χ3n) is 7.79. The average molecular weight is 622 g/mol. The van der Waals surface area contributed by atoms with Gasteiger partial charge in [-0.1, -0.05) is 97.1 Å². The van der Waals surface area contributed by atoms with Gasteiger partial charge in [0.25, 0.3) is 0 Å². The molecular formula is C38H39NO7. The van der Waals surface area contributed by atoms with Crippen LogP contribution in [0.4, 0.5) is 4.79 Å². The molecule has 0 fully saturated rings. The number of nitrogens with one attached hydrogen (secondary N) is 1. The SMILES string of the molecule is CC(C)(C)OC(=O)COCCc1ccc(-c2ccc(C[C@H](NC(=O)OCC3c4ccccc4-c4ccccc43)C(=O)O)cc2)cc1. The highest BCUT2D eigenvalue weighted by Crippen LogP contribution is 2.44. The first-order valence-corrected chi connectivity index (χ1v) is 15.4. The van der Waals surface area contributed by atoms with Crippen molar-refractivity contribution in [1.29, 1.82) is 0 Å². The molecule has 0 aromatic heterocycles. The molecule has 238 valence electrons. The van der Waals surface area contributed by atoms with Crippen LogP contribution in [0.2, 0.25) is 0 Å². The van der Waals surface area contributed by atoms with Crippen LogP contribution < -0.4 is 5.32 Å². The summed E-state index contributed by atoms with van der Waals surface area (Å²) in [7, 11) is 0. The van der Waals surface area contributed by atoms with Crippen LogP contribution in [0, 0.1) is 0 Å². The molecule has 4 aromatic carbocycles. The van der Waals surface area contributed by atoms with Crippen LogP contribution in [0.25, 0.3) is 22.3 Å². The van der Waals surface area contributed by atoms with Gasteiger partial charge in [0.1, 0.15) is 24.9 Å². The number of rotatable bonds is 12. The highest BCUT2D eigenvalue weighted by molar-refractivity contribution is 5.81. The van der Waals surface area contributed by atoms with Crippen LogP contribution >= 0.6 is 0 Å². The van der Waals surface area contributed by atoms with Gasteiger partial charge in [-0.3, -0.25) is 0 Å². The number of esters is 1. The van der Waals surface area contributed by atoms with E-state index in [0.29, 0.717) is 13.0 Å². The van der Waals surface area contributed by atoms with E-state index in [1.807, 2.05) is 106 Å². The van der Waals surface area contributed by atoms with Crippen LogP contribution in [0.3, 0.4) is 0 Å². The lowest BCUT2D eigenvalue weighted by Gasteiger charge is -2.19. The number of hydrogen-bond donors (Lipinski definition) is 2. The predicted octanol–water partition coefficient (Wildman–Crippen LogP) is 6.79. The molecule has 0 unspecified atom stereocenters. The van der Waals surface area contributed by atoms with Gasteiger partial charge >= 0.3 is 18.0 Å². The van der Waals surface area contributed by atoms with Crippen molar-refractivity contribution in [3.8, 4) is 22.3 Å². The summed E-state index contributed by atoms with van der Waals surface area (Å²) in [4.78, 5) is 36.5. The van der Waals surface area contributed by atoms with Crippen LogP contribution in [0.1, 0.15) is 48.9 Å². The van der Waals surface area contributed by atoms with E-state index >= 15 is 0 Å². The Bertz CT molecular complexity index is 1630. The summed E-state index contributed by atoms with van der Waals surface area (Å²) < 4.78 is 16.3. The van der Waals surface area contributed by atoms with Crippen LogP contribution in [0.15, 0.2) is 97.1 Å². The Morgan fingerprint density at radius 1 is 0.783 bits per heavy atom. The molecule has 0 heterocycles. The van der Waals surface area contributed by atoms with Crippen LogP contribution in [0.5, 0.6) is 0 Å². The quantitative estimate of drug-likeness (QED) is 0.132. The van der Waals surface area contributed by atoms with E-state index in [1.54, 1.807) is 0 Å². The molecule has 0 aliphatic heterocycles.